The number of anilines is 1. The van der Waals surface area contributed by atoms with E-state index in [0.717, 1.165) is 5.56 Å². The largest absolute Gasteiger partial charge is 0.504 e. The number of fused-ring (bicyclic) bond motifs is 1. The summed E-state index contributed by atoms with van der Waals surface area (Å²) in [5.74, 6) is 0.925. The average molecular weight is 297 g/mol. The van der Waals surface area contributed by atoms with Crippen molar-refractivity contribution in [3.8, 4) is 17.2 Å². The Balaban J connectivity index is 2.02. The highest BCUT2D eigenvalue weighted by molar-refractivity contribution is 6.35. The summed E-state index contributed by atoms with van der Waals surface area (Å²) < 4.78 is 10.2. The lowest BCUT2D eigenvalue weighted by Crippen LogP contribution is -2.03. The number of hydrogen-bond donors (Lipinski definition) is 2. The third-order valence-electron chi connectivity index (χ3n) is 3.52. The molecule has 0 saturated heterocycles. The van der Waals surface area contributed by atoms with E-state index in [1.165, 1.54) is 7.11 Å². The fraction of sp³-hybridized carbons (Fsp3) is 0.118. The van der Waals surface area contributed by atoms with Crippen LogP contribution in [0.15, 0.2) is 36.4 Å². The third kappa shape index (κ3) is 2.37. The van der Waals surface area contributed by atoms with E-state index < -0.39 is 0 Å². The van der Waals surface area contributed by atoms with Crippen molar-refractivity contribution in [3.63, 3.8) is 0 Å². The Morgan fingerprint density at radius 1 is 1.09 bits per heavy atom. The van der Waals surface area contributed by atoms with Crippen molar-refractivity contribution in [2.75, 3.05) is 19.5 Å². The maximum Gasteiger partial charge on any atom is 0.256 e. The summed E-state index contributed by atoms with van der Waals surface area (Å²) in [6.45, 7) is 0. The molecule has 0 atom stereocenters. The Bertz CT molecular complexity index is 780. The van der Waals surface area contributed by atoms with E-state index in [1.54, 1.807) is 43.5 Å². The predicted molar refractivity (Wildman–Crippen MR) is 84.2 cm³/mol. The number of methoxy groups -OCH3 is 2. The molecule has 0 radical (unpaired) electrons. The van der Waals surface area contributed by atoms with Crippen molar-refractivity contribution in [1.29, 1.82) is 0 Å². The van der Waals surface area contributed by atoms with Gasteiger partial charge < -0.3 is 19.9 Å². The van der Waals surface area contributed by atoms with Crippen molar-refractivity contribution < 1.29 is 19.4 Å². The smallest absolute Gasteiger partial charge is 0.256 e. The first kappa shape index (κ1) is 14.0. The second-order valence-corrected chi connectivity index (χ2v) is 4.85. The molecule has 5 nitrogen and oxygen atoms in total. The fourth-order valence-electron chi connectivity index (χ4n) is 2.41. The van der Waals surface area contributed by atoms with Gasteiger partial charge in [0.2, 0.25) is 0 Å². The molecule has 0 aliphatic carbocycles. The number of amides is 1. The Morgan fingerprint density at radius 3 is 2.59 bits per heavy atom. The molecule has 112 valence electrons. The second kappa shape index (κ2) is 5.44. The second-order valence-electron chi connectivity index (χ2n) is 4.85. The normalized spacial score (nSPS) is 14.6. The van der Waals surface area contributed by atoms with Gasteiger partial charge in [-0.3, -0.25) is 4.79 Å². The zero-order valence-electron chi connectivity index (χ0n) is 12.2. The Kier molecular flexibility index (Phi) is 3.47. The van der Waals surface area contributed by atoms with Gasteiger partial charge in [-0.05, 0) is 35.9 Å². The van der Waals surface area contributed by atoms with Gasteiger partial charge in [0.25, 0.3) is 5.91 Å². The first-order valence-corrected chi connectivity index (χ1v) is 6.71. The van der Waals surface area contributed by atoms with Gasteiger partial charge in [0.15, 0.2) is 11.5 Å². The number of ether oxygens (including phenoxy) is 2. The number of carbonyl (C=O) groups excluding carboxylic acids is 1. The highest BCUT2D eigenvalue weighted by Crippen LogP contribution is 2.36. The highest BCUT2D eigenvalue weighted by Gasteiger charge is 2.24. The van der Waals surface area contributed by atoms with Crippen LogP contribution in [0.2, 0.25) is 0 Å². The molecule has 1 aliphatic heterocycles. The maximum atomic E-state index is 12.1. The van der Waals surface area contributed by atoms with E-state index in [1.807, 2.05) is 6.07 Å². The molecule has 5 heteroatoms. The van der Waals surface area contributed by atoms with Crippen molar-refractivity contribution in [2.45, 2.75) is 0 Å². The molecule has 2 aromatic rings. The Labute approximate surface area is 127 Å². The van der Waals surface area contributed by atoms with Gasteiger partial charge in [0, 0.05) is 17.2 Å². The molecule has 22 heavy (non-hydrogen) atoms. The molecule has 0 bridgehead atoms. The molecular weight excluding hydrogens is 282 g/mol. The average Bonchev–Trinajstić information content (AvgIpc) is 2.82. The van der Waals surface area contributed by atoms with Gasteiger partial charge in [-0.15, -0.1) is 0 Å². The number of phenols is 1. The van der Waals surface area contributed by atoms with Gasteiger partial charge in [-0.1, -0.05) is 6.07 Å². The molecule has 0 fully saturated rings. The van der Waals surface area contributed by atoms with E-state index in [-0.39, 0.29) is 11.7 Å². The molecule has 1 aliphatic rings. The van der Waals surface area contributed by atoms with Gasteiger partial charge in [0.05, 0.1) is 19.9 Å². The minimum absolute atomic E-state index is 0.0326. The highest BCUT2D eigenvalue weighted by atomic mass is 16.5. The molecule has 0 unspecified atom stereocenters. The summed E-state index contributed by atoms with van der Waals surface area (Å²) >= 11 is 0. The minimum atomic E-state index is -0.182. The monoisotopic (exact) mass is 297 g/mol. The van der Waals surface area contributed by atoms with Crippen LogP contribution < -0.4 is 14.8 Å². The number of nitrogens with one attached hydrogen (secondary N) is 1. The summed E-state index contributed by atoms with van der Waals surface area (Å²) in [4.78, 5) is 12.1. The SMILES string of the molecule is COc1ccc2c(c1)NC(=O)/C2=C/c1ccc(OC)c(O)c1. The molecule has 0 aromatic heterocycles. The summed E-state index contributed by atoms with van der Waals surface area (Å²) in [5.41, 5.74) is 2.78. The number of hydrogen-bond acceptors (Lipinski definition) is 4. The van der Waals surface area contributed by atoms with E-state index in [4.69, 9.17) is 9.47 Å². The zero-order chi connectivity index (χ0) is 15.7. The molecule has 1 amide bonds. The molecule has 1 heterocycles. The van der Waals surface area contributed by atoms with Crippen molar-refractivity contribution in [1.82, 2.24) is 0 Å². The van der Waals surface area contributed by atoms with E-state index >= 15 is 0 Å². The molecule has 0 saturated carbocycles. The number of carbonyl (C=O) groups is 1. The lowest BCUT2D eigenvalue weighted by Gasteiger charge is -2.05. The number of phenolic OH excluding ortho intramolecular Hbond substituents is 1. The van der Waals surface area contributed by atoms with Gasteiger partial charge in [-0.2, -0.15) is 0 Å². The standard InChI is InChI=1S/C17H15NO4/c1-21-11-4-5-12-13(17(20)18-14(12)9-11)7-10-3-6-16(22-2)15(19)8-10/h3-9,19H,1-2H3,(H,18,20)/b13-7+. The van der Waals surface area contributed by atoms with Crippen molar-refractivity contribution in [3.05, 3.63) is 47.5 Å². The van der Waals surface area contributed by atoms with Crippen molar-refractivity contribution in [2.24, 2.45) is 0 Å². The maximum absolute atomic E-state index is 12.1. The first-order valence-electron chi connectivity index (χ1n) is 6.71. The van der Waals surface area contributed by atoms with Crippen LogP contribution in [0.3, 0.4) is 0 Å². The van der Waals surface area contributed by atoms with E-state index in [0.29, 0.717) is 28.3 Å². The molecule has 2 aromatic carbocycles. The molecular formula is C17H15NO4. The van der Waals surface area contributed by atoms with Crippen LogP contribution >= 0.6 is 0 Å². The first-order chi connectivity index (χ1) is 10.6. The van der Waals surface area contributed by atoms with E-state index in [9.17, 15) is 9.90 Å². The molecule has 2 N–H and O–H groups in total. The fourth-order valence-corrected chi connectivity index (χ4v) is 2.41. The van der Waals surface area contributed by atoms with Gasteiger partial charge >= 0.3 is 0 Å². The number of aromatic hydroxyl groups is 1. The van der Waals surface area contributed by atoms with Crippen LogP contribution in [0.4, 0.5) is 5.69 Å². The number of rotatable bonds is 3. The van der Waals surface area contributed by atoms with E-state index in [2.05, 4.69) is 5.32 Å². The Hall–Kier alpha value is -2.95. The van der Waals surface area contributed by atoms with Crippen LogP contribution in [0.1, 0.15) is 11.1 Å². The molecule has 3 rings (SSSR count). The molecule has 0 spiro atoms. The third-order valence-corrected chi connectivity index (χ3v) is 3.52. The quantitative estimate of drug-likeness (QED) is 0.855. The van der Waals surface area contributed by atoms with Gasteiger partial charge in [-0.25, -0.2) is 0 Å². The summed E-state index contributed by atoms with van der Waals surface area (Å²) in [6, 6.07) is 10.4. The van der Waals surface area contributed by atoms with Crippen LogP contribution in [-0.2, 0) is 4.79 Å². The topological polar surface area (TPSA) is 67.8 Å². The van der Waals surface area contributed by atoms with Crippen LogP contribution in [0.5, 0.6) is 17.2 Å². The summed E-state index contributed by atoms with van der Waals surface area (Å²) in [7, 11) is 3.07. The predicted octanol–water partition coefficient (Wildman–Crippen LogP) is 2.90. The minimum Gasteiger partial charge on any atom is -0.504 e. The Morgan fingerprint density at radius 2 is 1.91 bits per heavy atom. The lowest BCUT2D eigenvalue weighted by molar-refractivity contribution is -0.110. The van der Waals surface area contributed by atoms with Gasteiger partial charge in [0.1, 0.15) is 5.75 Å². The van der Waals surface area contributed by atoms with Crippen LogP contribution in [0, 0.1) is 0 Å². The zero-order valence-corrected chi connectivity index (χ0v) is 12.2. The van der Waals surface area contributed by atoms with Crippen molar-refractivity contribution >= 4 is 23.2 Å². The van der Waals surface area contributed by atoms with Crippen LogP contribution in [0.25, 0.3) is 11.6 Å². The number of benzene rings is 2. The summed E-state index contributed by atoms with van der Waals surface area (Å²) in [5, 5.41) is 12.6. The summed E-state index contributed by atoms with van der Waals surface area (Å²) in [6.07, 6.45) is 1.73. The van der Waals surface area contributed by atoms with Crippen LogP contribution in [-0.4, -0.2) is 25.2 Å². The lowest BCUT2D eigenvalue weighted by atomic mass is 10.0.